The molecule has 1 atom stereocenters. The highest BCUT2D eigenvalue weighted by atomic mass is 16.4. The maximum absolute atomic E-state index is 12.8. The fourth-order valence-electron chi connectivity index (χ4n) is 4.37. The Bertz CT molecular complexity index is 1640. The Morgan fingerprint density at radius 1 is 1.09 bits per heavy atom. The summed E-state index contributed by atoms with van der Waals surface area (Å²) in [5, 5.41) is 14.8. The monoisotopic (exact) mass is 458 g/mol. The lowest BCUT2D eigenvalue weighted by Gasteiger charge is -2.15. The van der Waals surface area contributed by atoms with Gasteiger partial charge in [-0.05, 0) is 42.7 Å². The first-order chi connectivity index (χ1) is 16.3. The number of carboxylic acids is 1. The highest BCUT2D eigenvalue weighted by molar-refractivity contribution is 5.97. The number of aromatic amines is 1. The van der Waals surface area contributed by atoms with E-state index >= 15 is 0 Å². The van der Waals surface area contributed by atoms with Crippen LogP contribution in [0.25, 0.3) is 32.8 Å². The van der Waals surface area contributed by atoms with Gasteiger partial charge in [-0.25, -0.2) is 9.59 Å². The minimum Gasteiger partial charge on any atom is -0.480 e. The van der Waals surface area contributed by atoms with E-state index in [1.807, 2.05) is 37.3 Å². The average Bonchev–Trinajstić information content (AvgIpc) is 3.38. The molecule has 3 heterocycles. The molecule has 5 aromatic rings. The lowest BCUT2D eigenvalue weighted by atomic mass is 10.0. The molecule has 8 nitrogen and oxygen atoms in total. The van der Waals surface area contributed by atoms with Gasteiger partial charge in [0, 0.05) is 40.4 Å². The molecule has 3 aromatic heterocycles. The van der Waals surface area contributed by atoms with Crippen LogP contribution in [0.5, 0.6) is 0 Å². The summed E-state index contributed by atoms with van der Waals surface area (Å²) in [6.07, 6.45) is 3.19. The van der Waals surface area contributed by atoms with Crippen molar-refractivity contribution in [3.63, 3.8) is 0 Å². The van der Waals surface area contributed by atoms with Crippen molar-refractivity contribution in [2.24, 2.45) is 0 Å². The normalized spacial score (nSPS) is 12.4. The van der Waals surface area contributed by atoms with Crippen molar-refractivity contribution in [2.45, 2.75) is 32.7 Å². The SMILES string of the molecule is Cc1coc2cc3oc(=O)c(CC(=O)N[C@@H](Cc4c[nH]c5ccccc45)C(=O)O)c(C)c3cc12. The summed E-state index contributed by atoms with van der Waals surface area (Å²) in [7, 11) is 0. The number of fused-ring (bicyclic) bond motifs is 3. The van der Waals surface area contributed by atoms with Crippen LogP contribution < -0.4 is 10.9 Å². The first-order valence-electron chi connectivity index (χ1n) is 10.8. The van der Waals surface area contributed by atoms with Gasteiger partial charge >= 0.3 is 11.6 Å². The van der Waals surface area contributed by atoms with Gasteiger partial charge in [0.2, 0.25) is 5.91 Å². The van der Waals surface area contributed by atoms with E-state index in [-0.39, 0.29) is 18.4 Å². The van der Waals surface area contributed by atoms with Gasteiger partial charge in [-0.1, -0.05) is 18.2 Å². The molecule has 172 valence electrons. The van der Waals surface area contributed by atoms with Gasteiger partial charge in [0.1, 0.15) is 17.2 Å². The molecule has 0 aliphatic heterocycles. The molecule has 3 N–H and O–H groups in total. The number of hydrogen-bond acceptors (Lipinski definition) is 5. The highest BCUT2D eigenvalue weighted by Crippen LogP contribution is 2.29. The zero-order valence-electron chi connectivity index (χ0n) is 18.6. The molecule has 0 aliphatic rings. The largest absolute Gasteiger partial charge is 0.480 e. The highest BCUT2D eigenvalue weighted by Gasteiger charge is 2.24. The molecule has 0 spiro atoms. The lowest BCUT2D eigenvalue weighted by molar-refractivity contribution is -0.141. The Hall–Kier alpha value is -4.33. The summed E-state index contributed by atoms with van der Waals surface area (Å²) in [5.74, 6) is -1.72. The third-order valence-electron chi connectivity index (χ3n) is 6.24. The third-order valence-corrected chi connectivity index (χ3v) is 6.24. The Balaban J connectivity index is 1.41. The summed E-state index contributed by atoms with van der Waals surface area (Å²) in [5.41, 5.74) is 3.78. The second-order valence-corrected chi connectivity index (χ2v) is 8.46. The number of furan rings is 1. The number of rotatable bonds is 6. The fraction of sp³-hybridized carbons (Fsp3) is 0.192. The Kier molecular flexibility index (Phi) is 5.20. The second-order valence-electron chi connectivity index (χ2n) is 8.46. The maximum atomic E-state index is 12.8. The van der Waals surface area contributed by atoms with Crippen molar-refractivity contribution < 1.29 is 23.5 Å². The summed E-state index contributed by atoms with van der Waals surface area (Å²) in [4.78, 5) is 40.4. The van der Waals surface area contributed by atoms with Crippen LogP contribution in [-0.2, 0) is 22.4 Å². The number of H-pyrrole nitrogens is 1. The first kappa shape index (κ1) is 21.5. The van der Waals surface area contributed by atoms with Crippen LogP contribution in [0.4, 0.5) is 0 Å². The van der Waals surface area contributed by atoms with E-state index < -0.39 is 23.5 Å². The third kappa shape index (κ3) is 3.73. The second kappa shape index (κ2) is 8.22. The number of carbonyl (C=O) groups excluding carboxylic acids is 1. The summed E-state index contributed by atoms with van der Waals surface area (Å²) >= 11 is 0. The maximum Gasteiger partial charge on any atom is 0.340 e. The van der Waals surface area contributed by atoms with Gasteiger partial charge in [-0.2, -0.15) is 0 Å². The van der Waals surface area contributed by atoms with Crippen LogP contribution in [0.2, 0.25) is 0 Å². The minimum atomic E-state index is -1.15. The molecule has 0 aliphatic carbocycles. The number of aliphatic carboxylic acids is 1. The van der Waals surface area contributed by atoms with Crippen LogP contribution in [0, 0.1) is 13.8 Å². The average molecular weight is 458 g/mol. The fourth-order valence-corrected chi connectivity index (χ4v) is 4.37. The van der Waals surface area contributed by atoms with Gasteiger partial charge in [0.25, 0.3) is 0 Å². The van der Waals surface area contributed by atoms with Gasteiger partial charge < -0.3 is 24.2 Å². The Morgan fingerprint density at radius 2 is 1.88 bits per heavy atom. The minimum absolute atomic E-state index is 0.105. The molecular weight excluding hydrogens is 436 g/mol. The van der Waals surface area contributed by atoms with Gasteiger partial charge in [0.05, 0.1) is 18.2 Å². The zero-order valence-corrected chi connectivity index (χ0v) is 18.6. The standard InChI is InChI=1S/C26H22N2O6/c1-13-12-33-22-10-23-18(8-17(13)22)14(2)19(26(32)34-23)9-24(29)28-21(25(30)31)7-15-11-27-20-6-4-3-5-16(15)20/h3-6,8,10-12,21,27H,7,9H2,1-2H3,(H,28,29)(H,30,31)/t21-/m0/s1. The molecule has 0 saturated carbocycles. The molecule has 34 heavy (non-hydrogen) atoms. The van der Waals surface area contributed by atoms with E-state index in [9.17, 15) is 19.5 Å². The number of aryl methyl sites for hydroxylation is 2. The van der Waals surface area contributed by atoms with E-state index in [0.29, 0.717) is 22.1 Å². The molecule has 0 radical (unpaired) electrons. The molecular formula is C26H22N2O6. The van der Waals surface area contributed by atoms with Gasteiger partial charge in [0.15, 0.2) is 0 Å². The molecule has 5 rings (SSSR count). The van der Waals surface area contributed by atoms with Crippen molar-refractivity contribution in [3.8, 4) is 0 Å². The van der Waals surface area contributed by atoms with E-state index in [1.54, 1.807) is 25.5 Å². The summed E-state index contributed by atoms with van der Waals surface area (Å²) in [6.45, 7) is 3.67. The van der Waals surface area contributed by atoms with Crippen LogP contribution in [-0.4, -0.2) is 28.0 Å². The van der Waals surface area contributed by atoms with Crippen molar-refractivity contribution in [1.82, 2.24) is 10.3 Å². The number of para-hydroxylation sites is 1. The molecule has 0 bridgehead atoms. The molecule has 2 aromatic carbocycles. The first-order valence-corrected chi connectivity index (χ1v) is 10.8. The zero-order chi connectivity index (χ0) is 24.0. The van der Waals surface area contributed by atoms with Crippen LogP contribution >= 0.6 is 0 Å². The number of carboxylic acid groups (broad SMARTS) is 1. The number of aromatic nitrogens is 1. The molecule has 1 amide bonds. The van der Waals surface area contributed by atoms with Crippen molar-refractivity contribution in [1.29, 1.82) is 0 Å². The number of nitrogens with one attached hydrogen (secondary N) is 2. The van der Waals surface area contributed by atoms with Crippen molar-refractivity contribution in [3.05, 3.63) is 81.5 Å². The molecule has 0 fully saturated rings. The lowest BCUT2D eigenvalue weighted by Crippen LogP contribution is -2.43. The summed E-state index contributed by atoms with van der Waals surface area (Å²) in [6, 6.07) is 9.94. The van der Waals surface area contributed by atoms with E-state index in [4.69, 9.17) is 8.83 Å². The van der Waals surface area contributed by atoms with E-state index in [2.05, 4.69) is 10.3 Å². The Morgan fingerprint density at radius 3 is 2.68 bits per heavy atom. The van der Waals surface area contributed by atoms with Crippen LogP contribution in [0.1, 0.15) is 22.3 Å². The van der Waals surface area contributed by atoms with Crippen molar-refractivity contribution in [2.75, 3.05) is 0 Å². The van der Waals surface area contributed by atoms with Gasteiger partial charge in [-0.3, -0.25) is 4.79 Å². The molecule has 0 unspecified atom stereocenters. The predicted octanol–water partition coefficient (Wildman–Crippen LogP) is 3.99. The number of carbonyl (C=O) groups is 2. The topological polar surface area (TPSA) is 126 Å². The predicted molar refractivity (Wildman–Crippen MR) is 127 cm³/mol. The van der Waals surface area contributed by atoms with E-state index in [1.165, 1.54) is 0 Å². The molecule has 0 saturated heterocycles. The number of benzene rings is 2. The summed E-state index contributed by atoms with van der Waals surface area (Å²) < 4.78 is 10.9. The molecule has 8 heteroatoms. The Labute approximate surface area is 193 Å². The number of amides is 1. The van der Waals surface area contributed by atoms with Crippen LogP contribution in [0.15, 0.2) is 62.5 Å². The number of hydrogen-bond donors (Lipinski definition) is 3. The van der Waals surface area contributed by atoms with Gasteiger partial charge in [-0.15, -0.1) is 0 Å². The quantitative estimate of drug-likeness (QED) is 0.330. The van der Waals surface area contributed by atoms with Crippen LogP contribution in [0.3, 0.4) is 0 Å². The van der Waals surface area contributed by atoms with E-state index in [0.717, 1.165) is 27.4 Å². The smallest absolute Gasteiger partial charge is 0.340 e. The van der Waals surface area contributed by atoms with Crippen molar-refractivity contribution >= 4 is 44.7 Å².